The van der Waals surface area contributed by atoms with E-state index in [-0.39, 0.29) is 11.5 Å². The van der Waals surface area contributed by atoms with Crippen LogP contribution in [-0.4, -0.2) is 33.4 Å². The Bertz CT molecular complexity index is 1160. The average Bonchev–Trinajstić information content (AvgIpc) is 3.52. The molecule has 160 valence electrons. The molecule has 0 unspecified atom stereocenters. The van der Waals surface area contributed by atoms with Gasteiger partial charge in [0.15, 0.2) is 5.78 Å². The highest BCUT2D eigenvalue weighted by atomic mass is 32.2. The molecule has 6 nitrogen and oxygen atoms in total. The van der Waals surface area contributed by atoms with E-state index >= 15 is 0 Å². The summed E-state index contributed by atoms with van der Waals surface area (Å²) in [5, 5.41) is 10.6. The van der Waals surface area contributed by atoms with Gasteiger partial charge in [0.1, 0.15) is 5.75 Å². The molecule has 0 saturated heterocycles. The highest BCUT2D eigenvalue weighted by Gasteiger charge is 2.18. The van der Waals surface area contributed by atoms with Gasteiger partial charge < -0.3 is 13.7 Å². The summed E-state index contributed by atoms with van der Waals surface area (Å²) in [7, 11) is 1.62. The summed E-state index contributed by atoms with van der Waals surface area (Å²) in [4.78, 5) is 14.2. The number of benzene rings is 1. The minimum atomic E-state index is 0.0599. The predicted octanol–water partition coefficient (Wildman–Crippen LogP) is 5.44. The lowest BCUT2D eigenvalue weighted by molar-refractivity contribution is 0.102. The third kappa shape index (κ3) is 4.91. The minimum Gasteiger partial charge on any atom is -0.497 e. The number of hydrogen-bond acceptors (Lipinski definition) is 7. The van der Waals surface area contributed by atoms with Crippen LogP contribution in [0.3, 0.4) is 0 Å². The number of methoxy groups -OCH3 is 1. The van der Waals surface area contributed by atoms with E-state index in [0.29, 0.717) is 11.1 Å². The average molecular weight is 454 g/mol. The Balaban J connectivity index is 1.38. The fraction of sp³-hybridized carbons (Fsp3) is 0.261. The lowest BCUT2D eigenvalue weighted by Crippen LogP contribution is -2.08. The molecule has 8 heteroatoms. The summed E-state index contributed by atoms with van der Waals surface area (Å²) >= 11 is 3.02. The van der Waals surface area contributed by atoms with E-state index in [1.807, 2.05) is 44.2 Å². The zero-order valence-corrected chi connectivity index (χ0v) is 19.3. The van der Waals surface area contributed by atoms with Crippen LogP contribution < -0.4 is 4.74 Å². The zero-order chi connectivity index (χ0) is 21.8. The normalized spacial score (nSPS) is 11.1. The van der Waals surface area contributed by atoms with Gasteiger partial charge >= 0.3 is 0 Å². The SMILES string of the molecule is COc1ccc(-c2nnc(SCC(=O)c3cc(C)n(CCc4cccs4)c3C)o2)cc1. The summed E-state index contributed by atoms with van der Waals surface area (Å²) < 4.78 is 13.1. The predicted molar refractivity (Wildman–Crippen MR) is 123 cm³/mol. The van der Waals surface area contributed by atoms with Crippen LogP contribution in [0.4, 0.5) is 0 Å². The van der Waals surface area contributed by atoms with Crippen molar-refractivity contribution >= 4 is 28.9 Å². The van der Waals surface area contributed by atoms with E-state index in [1.165, 1.54) is 16.6 Å². The van der Waals surface area contributed by atoms with Crippen molar-refractivity contribution in [1.29, 1.82) is 0 Å². The molecule has 4 rings (SSSR count). The summed E-state index contributed by atoms with van der Waals surface area (Å²) in [6.45, 7) is 4.92. The molecule has 31 heavy (non-hydrogen) atoms. The van der Waals surface area contributed by atoms with E-state index in [0.717, 1.165) is 41.2 Å². The number of nitrogens with zero attached hydrogens (tertiary/aromatic N) is 3. The maximum absolute atomic E-state index is 12.8. The first-order chi connectivity index (χ1) is 15.0. The highest BCUT2D eigenvalue weighted by Crippen LogP contribution is 2.26. The first kappa shape index (κ1) is 21.4. The second kappa shape index (κ2) is 9.53. The quantitative estimate of drug-likeness (QED) is 0.248. The van der Waals surface area contributed by atoms with E-state index in [1.54, 1.807) is 18.4 Å². The Kier molecular flexibility index (Phi) is 6.58. The largest absolute Gasteiger partial charge is 0.497 e. The van der Waals surface area contributed by atoms with Gasteiger partial charge in [-0.05, 0) is 62.0 Å². The van der Waals surface area contributed by atoms with Crippen molar-refractivity contribution in [2.45, 2.75) is 32.0 Å². The maximum atomic E-state index is 12.8. The van der Waals surface area contributed by atoms with Gasteiger partial charge in [0.2, 0.25) is 5.89 Å². The smallest absolute Gasteiger partial charge is 0.277 e. The molecule has 0 fully saturated rings. The fourth-order valence-electron chi connectivity index (χ4n) is 3.43. The van der Waals surface area contributed by atoms with Gasteiger partial charge in [-0.2, -0.15) is 0 Å². The van der Waals surface area contributed by atoms with Crippen LogP contribution in [0.15, 0.2) is 57.5 Å². The molecule has 0 N–H and O–H groups in total. The van der Waals surface area contributed by atoms with Crippen molar-refractivity contribution in [3.8, 4) is 17.2 Å². The van der Waals surface area contributed by atoms with E-state index in [9.17, 15) is 4.79 Å². The molecule has 0 saturated carbocycles. The molecular formula is C23H23N3O3S2. The number of hydrogen-bond donors (Lipinski definition) is 0. The molecule has 0 aliphatic rings. The summed E-state index contributed by atoms with van der Waals surface area (Å²) in [6.07, 6.45) is 0.965. The van der Waals surface area contributed by atoms with Crippen molar-refractivity contribution in [3.63, 3.8) is 0 Å². The number of ketones is 1. The van der Waals surface area contributed by atoms with Crippen LogP contribution >= 0.6 is 23.1 Å². The van der Waals surface area contributed by atoms with E-state index in [2.05, 4.69) is 32.3 Å². The Morgan fingerprint density at radius 2 is 2.00 bits per heavy atom. The van der Waals surface area contributed by atoms with Crippen LogP contribution in [0, 0.1) is 13.8 Å². The Hall–Kier alpha value is -2.84. The molecule has 3 heterocycles. The molecule has 1 aromatic carbocycles. The van der Waals surface area contributed by atoms with Crippen molar-refractivity contribution < 1.29 is 13.9 Å². The second-order valence-corrected chi connectivity index (χ2v) is 9.04. The van der Waals surface area contributed by atoms with Crippen LogP contribution in [0.5, 0.6) is 5.75 Å². The standard InChI is InChI=1S/C23H23N3O3S2/c1-15-13-20(16(2)26(15)11-10-19-5-4-12-30-19)21(27)14-31-23-25-24-22(29-23)17-6-8-18(28-3)9-7-17/h4-9,12-13H,10-11,14H2,1-3H3. The monoisotopic (exact) mass is 453 g/mol. The minimum absolute atomic E-state index is 0.0599. The number of aryl methyl sites for hydroxylation is 2. The van der Waals surface area contributed by atoms with Crippen molar-refractivity contribution in [2.75, 3.05) is 12.9 Å². The lowest BCUT2D eigenvalue weighted by atomic mass is 10.2. The maximum Gasteiger partial charge on any atom is 0.277 e. The van der Waals surface area contributed by atoms with Crippen molar-refractivity contribution in [2.24, 2.45) is 0 Å². The zero-order valence-electron chi connectivity index (χ0n) is 17.6. The van der Waals surface area contributed by atoms with Gasteiger partial charge in [-0.15, -0.1) is 21.5 Å². The number of aromatic nitrogens is 3. The molecule has 0 spiro atoms. The number of carbonyl (C=O) groups excluding carboxylic acids is 1. The molecule has 0 aliphatic heterocycles. The number of thiophene rings is 1. The first-order valence-electron chi connectivity index (χ1n) is 9.88. The highest BCUT2D eigenvalue weighted by molar-refractivity contribution is 7.99. The van der Waals surface area contributed by atoms with E-state index < -0.39 is 0 Å². The molecule has 0 bridgehead atoms. The topological polar surface area (TPSA) is 70.2 Å². The molecule has 3 aromatic heterocycles. The third-order valence-electron chi connectivity index (χ3n) is 5.11. The molecule has 4 aromatic rings. The Morgan fingerprint density at radius 3 is 2.71 bits per heavy atom. The summed E-state index contributed by atoms with van der Waals surface area (Å²) in [6, 6.07) is 13.6. The number of rotatable bonds is 9. The van der Waals surface area contributed by atoms with E-state index in [4.69, 9.17) is 9.15 Å². The lowest BCUT2D eigenvalue weighted by Gasteiger charge is -2.09. The fourth-order valence-corrected chi connectivity index (χ4v) is 4.77. The van der Waals surface area contributed by atoms with Gasteiger partial charge in [0.05, 0.1) is 12.9 Å². The van der Waals surface area contributed by atoms with Gasteiger partial charge in [-0.1, -0.05) is 17.8 Å². The summed E-state index contributed by atoms with van der Waals surface area (Å²) in [5.74, 6) is 1.49. The van der Waals surface area contributed by atoms with Gasteiger partial charge in [-0.25, -0.2) is 0 Å². The van der Waals surface area contributed by atoms with Crippen LogP contribution in [0.1, 0.15) is 26.6 Å². The molecule has 0 amide bonds. The van der Waals surface area contributed by atoms with Crippen LogP contribution in [0.25, 0.3) is 11.5 Å². The number of Topliss-reactive ketones (excluding diaryl/α,β-unsaturated/α-hetero) is 1. The molecule has 0 atom stereocenters. The van der Waals surface area contributed by atoms with Crippen LogP contribution in [-0.2, 0) is 13.0 Å². The Labute approximate surface area is 189 Å². The number of thioether (sulfide) groups is 1. The molecule has 0 radical (unpaired) electrons. The van der Waals surface area contributed by atoms with Gasteiger partial charge in [0.25, 0.3) is 5.22 Å². The van der Waals surface area contributed by atoms with Gasteiger partial charge in [0, 0.05) is 33.9 Å². The first-order valence-corrected chi connectivity index (χ1v) is 11.7. The van der Waals surface area contributed by atoms with Crippen molar-refractivity contribution in [1.82, 2.24) is 14.8 Å². The molecule has 0 aliphatic carbocycles. The van der Waals surface area contributed by atoms with Gasteiger partial charge in [-0.3, -0.25) is 4.79 Å². The number of ether oxygens (including phenoxy) is 1. The molecular weight excluding hydrogens is 430 g/mol. The van der Waals surface area contributed by atoms with Crippen LogP contribution in [0.2, 0.25) is 0 Å². The number of carbonyl (C=O) groups is 1. The third-order valence-corrected chi connectivity index (χ3v) is 6.86. The van der Waals surface area contributed by atoms with Crippen molar-refractivity contribution in [3.05, 3.63) is 69.7 Å². The summed E-state index contributed by atoms with van der Waals surface area (Å²) in [5.41, 5.74) is 3.66. The Morgan fingerprint density at radius 1 is 1.19 bits per heavy atom. The second-order valence-electron chi connectivity index (χ2n) is 7.08.